The molecule has 2 aromatic rings. The Labute approximate surface area is 78.0 Å². The molecule has 0 saturated heterocycles. The number of fused-ring (bicyclic) bond motifs is 1. The lowest BCUT2D eigenvalue weighted by Gasteiger charge is -1.91. The van der Waals surface area contributed by atoms with Crippen LogP contribution in [-0.4, -0.2) is 0 Å². The van der Waals surface area contributed by atoms with Crippen LogP contribution in [0.25, 0.3) is 10.1 Å². The fraction of sp³-hybridized carbons (Fsp3) is 0. The largest absolute Gasteiger partial charge is 0.144 e. The normalized spacial score (nSPS) is 10.7. The minimum Gasteiger partial charge on any atom is -0.144 e. The van der Waals surface area contributed by atoms with Crippen molar-refractivity contribution in [3.63, 3.8) is 0 Å². The van der Waals surface area contributed by atoms with Gasteiger partial charge >= 0.3 is 0 Å². The average Bonchev–Trinajstić information content (AvgIpc) is 2.33. The second-order valence-corrected chi connectivity index (χ2v) is 4.23. The summed E-state index contributed by atoms with van der Waals surface area (Å²) in [5.41, 5.74) is 1.12. The molecule has 1 radical (unpaired) electrons. The summed E-state index contributed by atoms with van der Waals surface area (Å²) < 4.78 is 2.42. The lowest BCUT2D eigenvalue weighted by Crippen LogP contribution is -1.67. The number of hydrogen-bond donors (Lipinski definition) is 0. The van der Waals surface area contributed by atoms with Crippen molar-refractivity contribution in [2.45, 2.75) is 0 Å². The van der Waals surface area contributed by atoms with Gasteiger partial charge in [0.2, 0.25) is 0 Å². The topological polar surface area (TPSA) is 0 Å². The standard InChI is InChI=1S/C9H6BrS/c1-6-5-11-9-3-2-7(10)4-8(6)9/h2-5H,1H2. The fourth-order valence-electron chi connectivity index (χ4n) is 1.05. The van der Waals surface area contributed by atoms with Crippen LogP contribution in [0.3, 0.4) is 0 Å². The highest BCUT2D eigenvalue weighted by Gasteiger charge is 1.98. The summed E-state index contributed by atoms with van der Waals surface area (Å²) in [7, 11) is 0. The number of rotatable bonds is 0. The van der Waals surface area contributed by atoms with Crippen LogP contribution in [0.2, 0.25) is 0 Å². The quantitative estimate of drug-likeness (QED) is 0.640. The molecule has 2 rings (SSSR count). The van der Waals surface area contributed by atoms with E-state index in [1.165, 1.54) is 10.1 Å². The highest BCUT2D eigenvalue weighted by Crippen LogP contribution is 2.27. The van der Waals surface area contributed by atoms with Crippen molar-refractivity contribution in [3.8, 4) is 0 Å². The molecule has 0 N–H and O–H groups in total. The van der Waals surface area contributed by atoms with Crippen molar-refractivity contribution in [3.05, 3.63) is 40.5 Å². The molecule has 0 aliphatic rings. The molecule has 1 aromatic heterocycles. The summed E-state index contributed by atoms with van der Waals surface area (Å²) in [6.07, 6.45) is 0. The van der Waals surface area contributed by atoms with E-state index in [1.54, 1.807) is 11.3 Å². The van der Waals surface area contributed by atoms with E-state index >= 15 is 0 Å². The first-order valence-corrected chi connectivity index (χ1v) is 4.93. The van der Waals surface area contributed by atoms with Crippen LogP contribution in [0.15, 0.2) is 28.1 Å². The predicted molar refractivity (Wildman–Crippen MR) is 54.0 cm³/mol. The number of hydrogen-bond acceptors (Lipinski definition) is 1. The molecule has 2 heteroatoms. The third-order valence-electron chi connectivity index (χ3n) is 1.62. The van der Waals surface area contributed by atoms with Crippen LogP contribution in [0, 0.1) is 6.92 Å². The molecule has 0 amide bonds. The molecule has 0 aliphatic heterocycles. The van der Waals surface area contributed by atoms with Crippen molar-refractivity contribution in [1.29, 1.82) is 0 Å². The maximum Gasteiger partial charge on any atom is 0.0346 e. The van der Waals surface area contributed by atoms with Crippen LogP contribution >= 0.6 is 27.3 Å². The molecular formula is C9H6BrS. The van der Waals surface area contributed by atoms with Crippen molar-refractivity contribution < 1.29 is 0 Å². The molecule has 0 aliphatic carbocycles. The minimum atomic E-state index is 1.12. The third kappa shape index (κ3) is 1.21. The van der Waals surface area contributed by atoms with Gasteiger partial charge in [0.15, 0.2) is 0 Å². The molecule has 0 spiro atoms. The van der Waals surface area contributed by atoms with E-state index in [-0.39, 0.29) is 0 Å². The Balaban J connectivity index is 2.87. The predicted octanol–water partition coefficient (Wildman–Crippen LogP) is 3.85. The molecule has 0 atom stereocenters. The van der Waals surface area contributed by atoms with Crippen molar-refractivity contribution in [1.82, 2.24) is 0 Å². The SMILES string of the molecule is [CH2]c1csc2ccc(Br)cc12. The van der Waals surface area contributed by atoms with E-state index in [0.29, 0.717) is 0 Å². The molecular weight excluding hydrogens is 220 g/mol. The Morgan fingerprint density at radius 2 is 2.18 bits per heavy atom. The highest BCUT2D eigenvalue weighted by molar-refractivity contribution is 9.10. The summed E-state index contributed by atoms with van der Waals surface area (Å²) >= 11 is 5.17. The van der Waals surface area contributed by atoms with Gasteiger partial charge in [0.25, 0.3) is 0 Å². The summed E-state index contributed by atoms with van der Waals surface area (Å²) in [4.78, 5) is 0. The molecule has 0 nitrogen and oxygen atoms in total. The van der Waals surface area contributed by atoms with Gasteiger partial charge in [0.1, 0.15) is 0 Å². The lowest BCUT2D eigenvalue weighted by molar-refractivity contribution is 1.74. The van der Waals surface area contributed by atoms with Gasteiger partial charge in [-0.3, -0.25) is 0 Å². The molecule has 0 unspecified atom stereocenters. The Morgan fingerprint density at radius 1 is 1.36 bits per heavy atom. The molecule has 0 fully saturated rings. The summed E-state index contributed by atoms with van der Waals surface area (Å²) in [5.74, 6) is 0. The van der Waals surface area contributed by atoms with E-state index in [4.69, 9.17) is 0 Å². The molecule has 55 valence electrons. The molecule has 0 bridgehead atoms. The maximum atomic E-state index is 3.94. The monoisotopic (exact) mass is 225 g/mol. The van der Waals surface area contributed by atoms with Gasteiger partial charge in [-0.2, -0.15) is 0 Å². The zero-order valence-electron chi connectivity index (χ0n) is 5.80. The van der Waals surface area contributed by atoms with Gasteiger partial charge < -0.3 is 0 Å². The zero-order chi connectivity index (χ0) is 7.84. The Kier molecular flexibility index (Phi) is 1.74. The third-order valence-corrected chi connectivity index (χ3v) is 3.12. The lowest BCUT2D eigenvalue weighted by atomic mass is 10.2. The summed E-state index contributed by atoms with van der Waals surface area (Å²) in [6, 6.07) is 6.27. The number of halogens is 1. The second-order valence-electron chi connectivity index (χ2n) is 2.40. The maximum absolute atomic E-state index is 3.94. The number of thiophene rings is 1. The first-order valence-electron chi connectivity index (χ1n) is 3.26. The summed E-state index contributed by atoms with van der Waals surface area (Å²) in [5, 5.41) is 3.33. The van der Waals surface area contributed by atoms with Crippen molar-refractivity contribution in [2.24, 2.45) is 0 Å². The van der Waals surface area contributed by atoms with Gasteiger partial charge in [-0.25, -0.2) is 0 Å². The van der Waals surface area contributed by atoms with Crippen LogP contribution < -0.4 is 0 Å². The smallest absolute Gasteiger partial charge is 0.0346 e. The second kappa shape index (κ2) is 2.61. The molecule has 0 saturated carbocycles. The van der Waals surface area contributed by atoms with E-state index in [9.17, 15) is 0 Å². The zero-order valence-corrected chi connectivity index (χ0v) is 8.21. The van der Waals surface area contributed by atoms with E-state index in [1.807, 2.05) is 0 Å². The Morgan fingerprint density at radius 3 is 3.00 bits per heavy atom. The number of benzene rings is 1. The van der Waals surface area contributed by atoms with Gasteiger partial charge in [-0.15, -0.1) is 11.3 Å². The highest BCUT2D eigenvalue weighted by atomic mass is 79.9. The van der Waals surface area contributed by atoms with E-state index < -0.39 is 0 Å². The van der Waals surface area contributed by atoms with Crippen LogP contribution in [0.5, 0.6) is 0 Å². The average molecular weight is 226 g/mol. The van der Waals surface area contributed by atoms with Crippen molar-refractivity contribution >= 4 is 37.4 Å². The van der Waals surface area contributed by atoms with E-state index in [0.717, 1.165) is 10.0 Å². The fourth-order valence-corrected chi connectivity index (χ4v) is 2.27. The molecule has 1 aromatic carbocycles. The van der Waals surface area contributed by atoms with Crippen molar-refractivity contribution in [2.75, 3.05) is 0 Å². The van der Waals surface area contributed by atoms with Gasteiger partial charge in [0.05, 0.1) is 0 Å². The first-order chi connectivity index (χ1) is 5.27. The van der Waals surface area contributed by atoms with Crippen LogP contribution in [-0.2, 0) is 0 Å². The first kappa shape index (κ1) is 7.32. The Hall–Kier alpha value is -0.340. The van der Waals surface area contributed by atoms with Gasteiger partial charge in [-0.05, 0) is 41.5 Å². The van der Waals surface area contributed by atoms with E-state index in [2.05, 4.69) is 46.4 Å². The summed E-state index contributed by atoms with van der Waals surface area (Å²) in [6.45, 7) is 3.94. The van der Waals surface area contributed by atoms with Gasteiger partial charge in [0, 0.05) is 9.17 Å². The van der Waals surface area contributed by atoms with Gasteiger partial charge in [-0.1, -0.05) is 15.9 Å². The minimum absolute atomic E-state index is 1.12. The molecule has 11 heavy (non-hydrogen) atoms. The molecule has 1 heterocycles. The Bertz CT molecular complexity index is 389. The van der Waals surface area contributed by atoms with Crippen LogP contribution in [0.1, 0.15) is 5.56 Å². The van der Waals surface area contributed by atoms with Crippen LogP contribution in [0.4, 0.5) is 0 Å².